The zero-order valence-corrected chi connectivity index (χ0v) is 12.9. The minimum absolute atomic E-state index is 0.756. The first-order valence-corrected chi connectivity index (χ1v) is 8.14. The van der Waals surface area contributed by atoms with E-state index in [4.69, 9.17) is 0 Å². The monoisotopic (exact) mass is 297 g/mol. The first-order chi connectivity index (χ1) is 10.9. The van der Waals surface area contributed by atoms with Crippen molar-refractivity contribution < 1.29 is 0 Å². The first kappa shape index (κ1) is 14.8. The van der Waals surface area contributed by atoms with E-state index in [1.165, 1.54) is 31.2 Å². The molecule has 5 heteroatoms. The van der Waals surface area contributed by atoms with Crippen LogP contribution in [0.3, 0.4) is 0 Å². The molecule has 0 bridgehead atoms. The Balaban J connectivity index is 1.56. The van der Waals surface area contributed by atoms with Gasteiger partial charge in [-0.1, -0.05) is 43.2 Å². The van der Waals surface area contributed by atoms with Gasteiger partial charge in [-0.2, -0.15) is 10.1 Å². The summed E-state index contributed by atoms with van der Waals surface area (Å²) in [6, 6.07) is 10.5. The van der Waals surface area contributed by atoms with Crippen molar-refractivity contribution in [2.75, 3.05) is 29.9 Å². The van der Waals surface area contributed by atoms with E-state index in [1.807, 2.05) is 6.07 Å². The first-order valence-electron chi connectivity index (χ1n) is 8.14. The molecule has 2 aromatic rings. The van der Waals surface area contributed by atoms with E-state index in [0.29, 0.717) is 0 Å². The minimum Gasteiger partial charge on any atom is -0.368 e. The summed E-state index contributed by atoms with van der Waals surface area (Å²) in [6.45, 7) is 2.92. The lowest BCUT2D eigenvalue weighted by atomic mass is 10.1. The van der Waals surface area contributed by atoms with Crippen LogP contribution in [0.25, 0.3) is 0 Å². The number of anilines is 2. The molecule has 22 heavy (non-hydrogen) atoms. The molecule has 3 rings (SSSR count). The molecule has 1 saturated heterocycles. The number of benzene rings is 1. The van der Waals surface area contributed by atoms with Crippen LogP contribution >= 0.6 is 0 Å². The molecule has 0 amide bonds. The summed E-state index contributed by atoms with van der Waals surface area (Å²) in [7, 11) is 0. The average Bonchev–Trinajstić information content (AvgIpc) is 2.85. The maximum atomic E-state index is 4.61. The molecule has 0 unspecified atom stereocenters. The molecule has 1 aromatic heterocycles. The van der Waals surface area contributed by atoms with Crippen molar-refractivity contribution in [1.29, 1.82) is 0 Å². The highest BCUT2D eigenvalue weighted by atomic mass is 15.3. The van der Waals surface area contributed by atoms with Crippen LogP contribution in [0.15, 0.2) is 36.5 Å². The lowest BCUT2D eigenvalue weighted by Crippen LogP contribution is -2.26. The summed E-state index contributed by atoms with van der Waals surface area (Å²) in [5, 5.41) is 11.6. The molecular weight excluding hydrogens is 274 g/mol. The molecule has 5 nitrogen and oxygen atoms in total. The Morgan fingerprint density at radius 2 is 1.77 bits per heavy atom. The van der Waals surface area contributed by atoms with Gasteiger partial charge in [-0.3, -0.25) is 0 Å². The third-order valence-corrected chi connectivity index (χ3v) is 4.00. The molecule has 2 heterocycles. The van der Waals surface area contributed by atoms with Crippen LogP contribution in [0, 0.1) is 0 Å². The van der Waals surface area contributed by atoms with Crippen LogP contribution in [-0.4, -0.2) is 34.8 Å². The zero-order chi connectivity index (χ0) is 15.0. The minimum atomic E-state index is 0.756. The third-order valence-electron chi connectivity index (χ3n) is 4.00. The van der Waals surface area contributed by atoms with Gasteiger partial charge in [-0.25, -0.2) is 0 Å². The predicted octanol–water partition coefficient (Wildman–Crippen LogP) is 2.91. The van der Waals surface area contributed by atoms with Crippen molar-refractivity contribution in [3.05, 3.63) is 42.1 Å². The van der Waals surface area contributed by atoms with E-state index >= 15 is 0 Å². The fourth-order valence-electron chi connectivity index (χ4n) is 2.76. The van der Waals surface area contributed by atoms with Crippen molar-refractivity contribution >= 4 is 11.8 Å². The Labute approximate surface area is 131 Å². The van der Waals surface area contributed by atoms with Crippen LogP contribution in [0.4, 0.5) is 11.8 Å². The fourth-order valence-corrected chi connectivity index (χ4v) is 2.76. The highest BCUT2D eigenvalue weighted by Crippen LogP contribution is 2.16. The molecule has 1 N–H and O–H groups in total. The van der Waals surface area contributed by atoms with Crippen molar-refractivity contribution in [2.24, 2.45) is 0 Å². The standard InChI is InChI=1S/C17H23N5/c1-2-7-13-22(12-6-1)17-20-16(14-19-21-17)18-11-10-15-8-4-3-5-9-15/h3-5,8-9,14H,1-2,6-7,10-13H2,(H,18,20,21). The van der Waals surface area contributed by atoms with Gasteiger partial charge in [0.05, 0.1) is 6.20 Å². The fraction of sp³-hybridized carbons (Fsp3) is 0.471. The van der Waals surface area contributed by atoms with Crippen LogP contribution < -0.4 is 10.2 Å². The van der Waals surface area contributed by atoms with E-state index in [9.17, 15) is 0 Å². The number of nitrogens with zero attached hydrogens (tertiary/aromatic N) is 4. The van der Waals surface area contributed by atoms with Crippen LogP contribution in [0.1, 0.15) is 31.2 Å². The van der Waals surface area contributed by atoms with Gasteiger partial charge in [0.1, 0.15) is 0 Å². The second-order valence-electron chi connectivity index (χ2n) is 5.71. The Kier molecular flexibility index (Phi) is 5.18. The molecule has 0 atom stereocenters. The van der Waals surface area contributed by atoms with Crippen molar-refractivity contribution in [2.45, 2.75) is 32.1 Å². The molecule has 1 aliphatic rings. The summed E-state index contributed by atoms with van der Waals surface area (Å²) in [5.41, 5.74) is 1.32. The Hall–Kier alpha value is -2.17. The van der Waals surface area contributed by atoms with Crippen molar-refractivity contribution in [3.8, 4) is 0 Å². The lowest BCUT2D eigenvalue weighted by molar-refractivity contribution is 0.726. The second-order valence-corrected chi connectivity index (χ2v) is 5.71. The molecule has 0 saturated carbocycles. The maximum Gasteiger partial charge on any atom is 0.247 e. The highest BCUT2D eigenvalue weighted by molar-refractivity contribution is 5.39. The smallest absolute Gasteiger partial charge is 0.247 e. The SMILES string of the molecule is c1ccc(CCNc2cnnc(N3CCCCCC3)n2)cc1. The predicted molar refractivity (Wildman–Crippen MR) is 89.1 cm³/mol. The third kappa shape index (κ3) is 4.16. The molecule has 0 aliphatic carbocycles. The number of rotatable bonds is 5. The molecule has 1 aromatic carbocycles. The molecular formula is C17H23N5. The topological polar surface area (TPSA) is 53.9 Å². The number of hydrogen-bond donors (Lipinski definition) is 1. The van der Waals surface area contributed by atoms with Crippen LogP contribution in [-0.2, 0) is 6.42 Å². The summed E-state index contributed by atoms with van der Waals surface area (Å²) in [6.07, 6.45) is 7.72. The van der Waals surface area contributed by atoms with Crippen LogP contribution in [0.5, 0.6) is 0 Å². The largest absolute Gasteiger partial charge is 0.368 e. The molecule has 0 spiro atoms. The molecule has 116 valence electrons. The molecule has 1 aliphatic heterocycles. The van der Waals surface area contributed by atoms with Crippen molar-refractivity contribution in [1.82, 2.24) is 15.2 Å². The lowest BCUT2D eigenvalue weighted by Gasteiger charge is -2.19. The van der Waals surface area contributed by atoms with E-state index in [1.54, 1.807) is 6.20 Å². The van der Waals surface area contributed by atoms with Gasteiger partial charge in [-0.05, 0) is 24.8 Å². The number of hydrogen-bond acceptors (Lipinski definition) is 5. The van der Waals surface area contributed by atoms with Gasteiger partial charge < -0.3 is 10.2 Å². The van der Waals surface area contributed by atoms with Gasteiger partial charge in [0.25, 0.3) is 0 Å². The Morgan fingerprint density at radius 1 is 1.00 bits per heavy atom. The summed E-state index contributed by atoms with van der Waals surface area (Å²) in [5.74, 6) is 1.57. The van der Waals surface area contributed by atoms with E-state index < -0.39 is 0 Å². The summed E-state index contributed by atoms with van der Waals surface area (Å²) >= 11 is 0. The molecule has 0 radical (unpaired) electrons. The van der Waals surface area contributed by atoms with Gasteiger partial charge in [0.15, 0.2) is 5.82 Å². The average molecular weight is 297 g/mol. The normalized spacial score (nSPS) is 15.4. The Bertz CT molecular complexity index is 564. The second kappa shape index (κ2) is 7.73. The van der Waals surface area contributed by atoms with E-state index in [2.05, 4.69) is 49.7 Å². The van der Waals surface area contributed by atoms with Gasteiger partial charge in [0, 0.05) is 19.6 Å². The van der Waals surface area contributed by atoms with Gasteiger partial charge >= 0.3 is 0 Å². The van der Waals surface area contributed by atoms with Gasteiger partial charge in [-0.15, -0.1) is 5.10 Å². The summed E-state index contributed by atoms with van der Waals surface area (Å²) in [4.78, 5) is 6.86. The number of aromatic nitrogens is 3. The van der Waals surface area contributed by atoms with Gasteiger partial charge in [0.2, 0.25) is 5.95 Å². The summed E-state index contributed by atoms with van der Waals surface area (Å²) < 4.78 is 0. The highest BCUT2D eigenvalue weighted by Gasteiger charge is 2.13. The van der Waals surface area contributed by atoms with E-state index in [0.717, 1.165) is 37.8 Å². The molecule has 1 fully saturated rings. The van der Waals surface area contributed by atoms with Crippen LogP contribution in [0.2, 0.25) is 0 Å². The number of nitrogens with one attached hydrogen (secondary N) is 1. The Morgan fingerprint density at radius 3 is 2.55 bits per heavy atom. The maximum absolute atomic E-state index is 4.61. The zero-order valence-electron chi connectivity index (χ0n) is 12.9. The van der Waals surface area contributed by atoms with E-state index in [-0.39, 0.29) is 0 Å². The van der Waals surface area contributed by atoms with Crippen molar-refractivity contribution in [3.63, 3.8) is 0 Å². The quantitative estimate of drug-likeness (QED) is 0.919.